The zero-order valence-electron chi connectivity index (χ0n) is 13.2. The van der Waals surface area contributed by atoms with Gasteiger partial charge in [-0.25, -0.2) is 0 Å². The number of anilines is 1. The predicted octanol–water partition coefficient (Wildman–Crippen LogP) is 3.53. The van der Waals surface area contributed by atoms with E-state index in [1.165, 1.54) is 23.1 Å². The first-order chi connectivity index (χ1) is 12.0. The lowest BCUT2D eigenvalue weighted by atomic mass is 10.2. The number of hydrogen-bond acceptors (Lipinski definition) is 8. The van der Waals surface area contributed by atoms with Gasteiger partial charge in [0.1, 0.15) is 9.33 Å². The summed E-state index contributed by atoms with van der Waals surface area (Å²) in [7, 11) is 0. The zero-order valence-corrected chi connectivity index (χ0v) is 16.5. The van der Waals surface area contributed by atoms with Crippen LogP contribution in [0, 0.1) is 6.92 Å². The Morgan fingerprint density at radius 1 is 1.44 bits per heavy atom. The number of nitrogens with one attached hydrogen (secondary N) is 1. The van der Waals surface area contributed by atoms with Crippen molar-refractivity contribution in [2.24, 2.45) is 0 Å². The van der Waals surface area contributed by atoms with Crippen molar-refractivity contribution in [1.29, 1.82) is 0 Å². The van der Waals surface area contributed by atoms with E-state index < -0.39 is 0 Å². The average Bonchev–Trinajstić information content (AvgIpc) is 3.26. The average molecular weight is 411 g/mol. The van der Waals surface area contributed by atoms with Gasteiger partial charge in [0, 0.05) is 17.8 Å². The molecule has 6 nitrogen and oxygen atoms in total. The lowest BCUT2D eigenvalue weighted by Crippen LogP contribution is -2.29. The van der Waals surface area contributed by atoms with E-state index >= 15 is 0 Å². The summed E-state index contributed by atoms with van der Waals surface area (Å²) < 4.78 is 0.535. The minimum absolute atomic E-state index is 0.0939. The highest BCUT2D eigenvalue weighted by Crippen LogP contribution is 2.33. The van der Waals surface area contributed by atoms with Crippen LogP contribution in [0.15, 0.2) is 22.4 Å². The van der Waals surface area contributed by atoms with Crippen molar-refractivity contribution >= 4 is 74.0 Å². The highest BCUT2D eigenvalue weighted by atomic mass is 32.2. The molecule has 130 valence electrons. The van der Waals surface area contributed by atoms with Crippen molar-refractivity contribution in [1.82, 2.24) is 15.1 Å². The lowest BCUT2D eigenvalue weighted by molar-refractivity contribution is -0.122. The van der Waals surface area contributed by atoms with Gasteiger partial charge in [-0.3, -0.25) is 14.5 Å². The fourth-order valence-electron chi connectivity index (χ4n) is 2.12. The highest BCUT2D eigenvalue weighted by Gasteiger charge is 2.31. The molecule has 1 aliphatic rings. The summed E-state index contributed by atoms with van der Waals surface area (Å²) >= 11 is 9.49. The summed E-state index contributed by atoms with van der Waals surface area (Å²) in [6, 6.07) is 3.89. The van der Waals surface area contributed by atoms with Crippen LogP contribution in [0.3, 0.4) is 0 Å². The maximum absolute atomic E-state index is 12.4. The van der Waals surface area contributed by atoms with E-state index in [1.807, 2.05) is 30.5 Å². The molecule has 1 N–H and O–H groups in total. The van der Waals surface area contributed by atoms with Crippen molar-refractivity contribution in [3.05, 3.63) is 32.3 Å². The first kappa shape index (κ1) is 18.2. The predicted molar refractivity (Wildman–Crippen MR) is 107 cm³/mol. The number of rotatable bonds is 6. The first-order valence-corrected chi connectivity index (χ1v) is 10.3. The molecule has 1 aliphatic heterocycles. The van der Waals surface area contributed by atoms with E-state index in [0.717, 1.165) is 9.88 Å². The van der Waals surface area contributed by atoms with Crippen LogP contribution >= 0.6 is 46.7 Å². The van der Waals surface area contributed by atoms with Crippen LogP contribution < -0.4 is 5.32 Å². The molecule has 10 heteroatoms. The van der Waals surface area contributed by atoms with Crippen molar-refractivity contribution in [3.8, 4) is 0 Å². The second-order valence-electron chi connectivity index (χ2n) is 5.13. The number of thioether (sulfide) groups is 1. The van der Waals surface area contributed by atoms with Crippen molar-refractivity contribution in [2.45, 2.75) is 19.8 Å². The second-order valence-corrected chi connectivity index (χ2v) is 8.96. The van der Waals surface area contributed by atoms with Crippen LogP contribution in [0.4, 0.5) is 5.13 Å². The fraction of sp³-hybridized carbons (Fsp3) is 0.267. The monoisotopic (exact) mass is 410 g/mol. The van der Waals surface area contributed by atoms with Crippen LogP contribution in [0.25, 0.3) is 6.08 Å². The molecule has 1 fully saturated rings. The van der Waals surface area contributed by atoms with Gasteiger partial charge in [-0.2, -0.15) is 0 Å². The fourth-order valence-corrected chi connectivity index (χ4v) is 4.76. The van der Waals surface area contributed by atoms with Crippen molar-refractivity contribution in [2.75, 3.05) is 11.9 Å². The maximum Gasteiger partial charge on any atom is 0.266 e. The van der Waals surface area contributed by atoms with E-state index in [1.54, 1.807) is 16.2 Å². The molecule has 0 unspecified atom stereocenters. The molecular formula is C15H14N4O2S4. The van der Waals surface area contributed by atoms with E-state index in [0.29, 0.717) is 33.7 Å². The number of thiophene rings is 1. The Morgan fingerprint density at radius 3 is 2.96 bits per heavy atom. The Kier molecular flexibility index (Phi) is 5.94. The Hall–Kier alpha value is -1.62. The molecule has 3 heterocycles. The van der Waals surface area contributed by atoms with Gasteiger partial charge in [-0.15, -0.1) is 21.5 Å². The minimum Gasteiger partial charge on any atom is -0.301 e. The minimum atomic E-state index is -0.143. The number of thiocarbonyl (C=S) groups is 1. The van der Waals surface area contributed by atoms with E-state index in [2.05, 4.69) is 15.5 Å². The molecule has 0 spiro atoms. The SMILES string of the molecule is Cc1nnc(NC(=O)CCCN2C(=O)/C(=C\c3cccs3)SC2=S)s1. The van der Waals surface area contributed by atoms with Crippen LogP contribution in [-0.2, 0) is 9.59 Å². The van der Waals surface area contributed by atoms with Crippen molar-refractivity contribution in [3.63, 3.8) is 0 Å². The van der Waals surface area contributed by atoms with Crippen LogP contribution in [-0.4, -0.2) is 37.8 Å². The molecule has 0 bridgehead atoms. The number of carbonyl (C=O) groups excluding carboxylic acids is 2. The molecule has 0 aromatic carbocycles. The van der Waals surface area contributed by atoms with E-state index in [4.69, 9.17) is 12.2 Å². The second kappa shape index (κ2) is 8.17. The molecule has 2 amide bonds. The Balaban J connectivity index is 1.50. The number of amides is 2. The quantitative estimate of drug-likeness (QED) is 0.580. The van der Waals surface area contributed by atoms with Crippen LogP contribution in [0.2, 0.25) is 0 Å². The van der Waals surface area contributed by atoms with Gasteiger partial charge in [0.05, 0.1) is 4.91 Å². The molecule has 0 radical (unpaired) electrons. The largest absolute Gasteiger partial charge is 0.301 e. The number of aryl methyl sites for hydroxylation is 1. The molecule has 0 atom stereocenters. The lowest BCUT2D eigenvalue weighted by Gasteiger charge is -2.13. The normalized spacial score (nSPS) is 16.0. The highest BCUT2D eigenvalue weighted by molar-refractivity contribution is 8.26. The maximum atomic E-state index is 12.4. The van der Waals surface area contributed by atoms with Gasteiger partial charge in [0.2, 0.25) is 11.0 Å². The number of aromatic nitrogens is 2. The molecule has 0 saturated carbocycles. The summed E-state index contributed by atoms with van der Waals surface area (Å²) in [5.41, 5.74) is 0. The van der Waals surface area contributed by atoms with Gasteiger partial charge in [0.25, 0.3) is 5.91 Å². The molecule has 0 aliphatic carbocycles. The molecule has 3 rings (SSSR count). The standard InChI is InChI=1S/C15H14N4O2S4/c1-9-17-18-14(24-9)16-12(20)5-2-6-19-13(21)11(25-15(19)22)8-10-4-3-7-23-10/h3-4,7-8H,2,5-6H2,1H3,(H,16,18,20)/b11-8+. The van der Waals surface area contributed by atoms with Gasteiger partial charge in [0.15, 0.2) is 0 Å². The first-order valence-electron chi connectivity index (χ1n) is 7.42. The third-order valence-electron chi connectivity index (χ3n) is 3.25. The van der Waals surface area contributed by atoms with Gasteiger partial charge < -0.3 is 5.32 Å². The molecule has 25 heavy (non-hydrogen) atoms. The molecule has 1 saturated heterocycles. The summed E-state index contributed by atoms with van der Waals surface area (Å²) in [4.78, 5) is 27.6. The number of hydrogen-bond donors (Lipinski definition) is 1. The topological polar surface area (TPSA) is 75.2 Å². The summed E-state index contributed by atoms with van der Waals surface area (Å²) in [5.74, 6) is -0.237. The summed E-state index contributed by atoms with van der Waals surface area (Å²) in [6.45, 7) is 2.25. The van der Waals surface area contributed by atoms with Crippen molar-refractivity contribution < 1.29 is 9.59 Å². The number of nitrogens with zero attached hydrogens (tertiary/aromatic N) is 3. The molecular weight excluding hydrogens is 396 g/mol. The Morgan fingerprint density at radius 2 is 2.28 bits per heavy atom. The molecule has 2 aromatic heterocycles. The Labute approximate surface area is 162 Å². The molecule has 2 aromatic rings. The Bertz CT molecular complexity index is 828. The summed E-state index contributed by atoms with van der Waals surface area (Å²) in [6.07, 6.45) is 2.68. The van der Waals surface area contributed by atoms with Gasteiger partial charge >= 0.3 is 0 Å². The zero-order chi connectivity index (χ0) is 17.8. The van der Waals surface area contributed by atoms with Crippen LogP contribution in [0.1, 0.15) is 22.7 Å². The third-order valence-corrected chi connectivity index (χ3v) is 6.20. The number of carbonyl (C=O) groups is 2. The third kappa shape index (κ3) is 4.72. The van der Waals surface area contributed by atoms with E-state index in [9.17, 15) is 9.59 Å². The van der Waals surface area contributed by atoms with Gasteiger partial charge in [-0.05, 0) is 30.9 Å². The summed E-state index contributed by atoms with van der Waals surface area (Å²) in [5, 5.41) is 13.7. The smallest absolute Gasteiger partial charge is 0.266 e. The van der Waals surface area contributed by atoms with Gasteiger partial charge in [-0.1, -0.05) is 41.4 Å². The van der Waals surface area contributed by atoms with E-state index in [-0.39, 0.29) is 11.8 Å². The van der Waals surface area contributed by atoms with Crippen LogP contribution in [0.5, 0.6) is 0 Å².